The zero-order chi connectivity index (χ0) is 22.7. The van der Waals surface area contributed by atoms with Gasteiger partial charge in [-0.25, -0.2) is 0 Å². The number of halogens is 1. The van der Waals surface area contributed by atoms with Gasteiger partial charge in [-0.15, -0.1) is 0 Å². The van der Waals surface area contributed by atoms with Crippen LogP contribution in [0.25, 0.3) is 22.0 Å². The summed E-state index contributed by atoms with van der Waals surface area (Å²) in [5.41, 5.74) is 2.06. The van der Waals surface area contributed by atoms with Crippen molar-refractivity contribution < 1.29 is 14.3 Å². The molecule has 0 bridgehead atoms. The van der Waals surface area contributed by atoms with Gasteiger partial charge < -0.3 is 19.8 Å². The molecule has 2 aromatic carbocycles. The highest BCUT2D eigenvalue weighted by Crippen LogP contribution is 2.30. The maximum Gasteiger partial charge on any atom is 0.275 e. The Balaban J connectivity index is 1.75. The summed E-state index contributed by atoms with van der Waals surface area (Å²) in [6.07, 6.45) is 1.54. The monoisotopic (exact) mass is 449 g/mol. The Bertz CT molecular complexity index is 1330. The van der Waals surface area contributed by atoms with Crippen molar-refractivity contribution in [1.82, 2.24) is 15.3 Å². The number of methoxy groups -OCH3 is 2. The lowest BCUT2D eigenvalue weighted by Gasteiger charge is -2.14. The van der Waals surface area contributed by atoms with Crippen LogP contribution in [0.4, 0.5) is 0 Å². The minimum Gasteiger partial charge on any atom is -0.497 e. The number of carbonyl (C=O) groups is 1. The van der Waals surface area contributed by atoms with E-state index in [-0.39, 0.29) is 17.8 Å². The van der Waals surface area contributed by atoms with Gasteiger partial charge in [0.1, 0.15) is 22.7 Å². The van der Waals surface area contributed by atoms with Crippen molar-refractivity contribution in [1.29, 1.82) is 0 Å². The molecule has 162 valence electrons. The van der Waals surface area contributed by atoms with E-state index in [0.717, 1.165) is 11.1 Å². The second-order valence-electron chi connectivity index (χ2n) is 7.01. The van der Waals surface area contributed by atoms with Crippen molar-refractivity contribution in [3.63, 3.8) is 0 Å². The number of pyridine rings is 2. The number of nitrogens with zero attached hydrogens (tertiary/aromatic N) is 1. The highest BCUT2D eigenvalue weighted by molar-refractivity contribution is 6.30. The molecule has 0 saturated heterocycles. The number of hydrogen-bond donors (Lipinski definition) is 2. The first-order valence-corrected chi connectivity index (χ1v) is 10.1. The first-order chi connectivity index (χ1) is 15.5. The van der Waals surface area contributed by atoms with Crippen LogP contribution in [-0.4, -0.2) is 30.1 Å². The predicted molar refractivity (Wildman–Crippen MR) is 124 cm³/mol. The zero-order valence-electron chi connectivity index (χ0n) is 17.4. The van der Waals surface area contributed by atoms with Crippen molar-refractivity contribution in [3.8, 4) is 22.6 Å². The van der Waals surface area contributed by atoms with Gasteiger partial charge in [0.05, 0.1) is 14.2 Å². The number of carbonyl (C=O) groups excluding carboxylic acids is 1. The Morgan fingerprint density at radius 1 is 1.06 bits per heavy atom. The fraction of sp³-hybridized carbons (Fsp3) is 0.125. The van der Waals surface area contributed by atoms with Crippen molar-refractivity contribution in [2.45, 2.75) is 6.54 Å². The molecule has 32 heavy (non-hydrogen) atoms. The number of ether oxygens (including phenoxy) is 2. The van der Waals surface area contributed by atoms with Gasteiger partial charge in [-0.2, -0.15) is 0 Å². The third-order valence-electron chi connectivity index (χ3n) is 5.00. The second kappa shape index (κ2) is 9.11. The zero-order valence-corrected chi connectivity index (χ0v) is 18.2. The number of rotatable bonds is 6. The minimum absolute atomic E-state index is 0.146. The van der Waals surface area contributed by atoms with Gasteiger partial charge in [0.25, 0.3) is 11.5 Å². The van der Waals surface area contributed by atoms with Crippen molar-refractivity contribution >= 4 is 28.4 Å². The van der Waals surface area contributed by atoms with Gasteiger partial charge in [0, 0.05) is 34.8 Å². The van der Waals surface area contributed by atoms with Crippen LogP contribution in [0.5, 0.6) is 11.5 Å². The number of fused-ring (bicyclic) bond motifs is 1. The molecule has 0 fully saturated rings. The quantitative estimate of drug-likeness (QED) is 0.460. The number of H-pyrrole nitrogens is 1. The van der Waals surface area contributed by atoms with Crippen LogP contribution in [0.2, 0.25) is 5.02 Å². The van der Waals surface area contributed by atoms with Crippen LogP contribution < -0.4 is 20.3 Å². The van der Waals surface area contributed by atoms with E-state index in [2.05, 4.69) is 15.3 Å². The van der Waals surface area contributed by atoms with Gasteiger partial charge in [0.2, 0.25) is 0 Å². The third kappa shape index (κ3) is 4.29. The van der Waals surface area contributed by atoms with Gasteiger partial charge in [-0.05, 0) is 41.5 Å². The maximum absolute atomic E-state index is 13.2. The fourth-order valence-electron chi connectivity index (χ4n) is 3.48. The maximum atomic E-state index is 13.2. The molecule has 4 rings (SSSR count). The first-order valence-electron chi connectivity index (χ1n) is 9.77. The molecule has 0 atom stereocenters. The van der Waals surface area contributed by atoms with E-state index >= 15 is 0 Å². The van der Waals surface area contributed by atoms with Gasteiger partial charge in [-0.1, -0.05) is 29.8 Å². The Morgan fingerprint density at radius 2 is 1.75 bits per heavy atom. The van der Waals surface area contributed by atoms with Crippen LogP contribution >= 0.6 is 11.6 Å². The average Bonchev–Trinajstić information content (AvgIpc) is 2.83. The standard InChI is InChI=1S/C24H20ClN3O4/c1-31-17-10-14(11-18(12-17)32-2)13-27-23(29)22-20(15-5-7-16(25)8-6-15)19-4-3-9-26-21(19)24(30)28-22/h3-12H,13H2,1-2H3,(H,27,29)(H,28,30). The molecule has 8 heteroatoms. The minimum atomic E-state index is -0.438. The molecule has 0 aliphatic carbocycles. The molecule has 0 spiro atoms. The third-order valence-corrected chi connectivity index (χ3v) is 5.26. The summed E-state index contributed by atoms with van der Waals surface area (Å²) in [6.45, 7) is 0.208. The van der Waals surface area contributed by atoms with Crippen molar-refractivity contribution in [3.05, 3.63) is 87.4 Å². The Labute approximate surface area is 189 Å². The normalized spacial score (nSPS) is 10.7. The fourth-order valence-corrected chi connectivity index (χ4v) is 3.61. The van der Waals surface area contributed by atoms with E-state index in [1.807, 2.05) is 0 Å². The topological polar surface area (TPSA) is 93.3 Å². The van der Waals surface area contributed by atoms with E-state index in [9.17, 15) is 9.59 Å². The van der Waals surface area contributed by atoms with E-state index in [1.165, 1.54) is 0 Å². The summed E-state index contributed by atoms with van der Waals surface area (Å²) in [5.74, 6) is 0.792. The molecule has 2 aromatic heterocycles. The highest BCUT2D eigenvalue weighted by Gasteiger charge is 2.19. The van der Waals surface area contributed by atoms with Crippen LogP contribution in [0.15, 0.2) is 65.6 Å². The molecule has 7 nitrogen and oxygen atoms in total. The van der Waals surface area contributed by atoms with Gasteiger partial charge in [0.15, 0.2) is 0 Å². The van der Waals surface area contributed by atoms with E-state index < -0.39 is 11.5 Å². The summed E-state index contributed by atoms with van der Waals surface area (Å²) >= 11 is 6.04. The summed E-state index contributed by atoms with van der Waals surface area (Å²) in [5, 5.41) is 4.01. The number of aromatic amines is 1. The van der Waals surface area contributed by atoms with Crippen molar-refractivity contribution in [2.75, 3.05) is 14.2 Å². The van der Waals surface area contributed by atoms with E-state index in [1.54, 1.807) is 75.0 Å². The van der Waals surface area contributed by atoms with E-state index in [4.69, 9.17) is 21.1 Å². The number of nitrogens with one attached hydrogen (secondary N) is 2. The first kappa shape index (κ1) is 21.4. The molecule has 1 amide bonds. The Hall–Kier alpha value is -3.84. The molecule has 0 radical (unpaired) electrons. The van der Waals surface area contributed by atoms with Crippen molar-refractivity contribution in [2.24, 2.45) is 0 Å². The molecular weight excluding hydrogens is 430 g/mol. The lowest BCUT2D eigenvalue weighted by atomic mass is 9.98. The number of hydrogen-bond acceptors (Lipinski definition) is 5. The smallest absolute Gasteiger partial charge is 0.275 e. The largest absolute Gasteiger partial charge is 0.497 e. The van der Waals surface area contributed by atoms with Crippen LogP contribution in [0.1, 0.15) is 16.1 Å². The van der Waals surface area contributed by atoms with Crippen LogP contribution in [0, 0.1) is 0 Å². The molecule has 0 aliphatic rings. The number of amides is 1. The Kier molecular flexibility index (Phi) is 6.09. The molecule has 0 saturated carbocycles. The predicted octanol–water partition coefficient (Wildman–Crippen LogP) is 4.19. The second-order valence-corrected chi connectivity index (χ2v) is 7.45. The van der Waals surface area contributed by atoms with Crippen LogP contribution in [-0.2, 0) is 6.54 Å². The molecule has 2 N–H and O–H groups in total. The van der Waals surface area contributed by atoms with Gasteiger partial charge in [-0.3, -0.25) is 14.6 Å². The number of benzene rings is 2. The summed E-state index contributed by atoms with van der Waals surface area (Å²) in [4.78, 5) is 32.7. The highest BCUT2D eigenvalue weighted by atomic mass is 35.5. The molecular formula is C24H20ClN3O4. The molecule has 0 unspecified atom stereocenters. The number of aromatic nitrogens is 2. The summed E-state index contributed by atoms with van der Waals surface area (Å²) in [7, 11) is 3.12. The van der Waals surface area contributed by atoms with Gasteiger partial charge >= 0.3 is 0 Å². The lowest BCUT2D eigenvalue weighted by Crippen LogP contribution is -2.27. The SMILES string of the molecule is COc1cc(CNC(=O)c2[nH]c(=O)c3ncccc3c2-c2ccc(Cl)cc2)cc(OC)c1. The Morgan fingerprint density at radius 3 is 2.41 bits per heavy atom. The lowest BCUT2D eigenvalue weighted by molar-refractivity contribution is 0.0946. The molecule has 0 aliphatic heterocycles. The van der Waals surface area contributed by atoms with E-state index in [0.29, 0.717) is 27.5 Å². The summed E-state index contributed by atoms with van der Waals surface area (Å²) < 4.78 is 10.6. The summed E-state index contributed by atoms with van der Waals surface area (Å²) in [6, 6.07) is 15.9. The van der Waals surface area contributed by atoms with Crippen LogP contribution in [0.3, 0.4) is 0 Å². The average molecular weight is 450 g/mol. The molecule has 4 aromatic rings. The molecule has 2 heterocycles.